The van der Waals surface area contributed by atoms with Gasteiger partial charge in [0.05, 0.1) is 5.56 Å². The number of rotatable bonds is 5. The van der Waals surface area contributed by atoms with Crippen LogP contribution in [-0.2, 0) is 27.4 Å². The van der Waals surface area contributed by atoms with Crippen molar-refractivity contribution in [2.75, 3.05) is 5.75 Å². The van der Waals surface area contributed by atoms with Crippen molar-refractivity contribution in [3.05, 3.63) is 58.7 Å². The van der Waals surface area contributed by atoms with E-state index in [9.17, 15) is 26.4 Å². The van der Waals surface area contributed by atoms with Gasteiger partial charge in [-0.3, -0.25) is 4.79 Å². The van der Waals surface area contributed by atoms with Crippen LogP contribution in [0.15, 0.2) is 47.6 Å². The summed E-state index contributed by atoms with van der Waals surface area (Å²) in [5.41, 5.74) is -0.400. The first-order valence-electron chi connectivity index (χ1n) is 6.85. The highest BCUT2D eigenvalue weighted by Crippen LogP contribution is 2.28. The number of hydrogen-bond acceptors (Lipinski definition) is 4. The normalized spacial score (nSPS) is 12.0. The smallest absolute Gasteiger partial charge is 0.351 e. The fraction of sp³-hybridized carbons (Fsp3) is 0.200. The summed E-state index contributed by atoms with van der Waals surface area (Å²) in [4.78, 5) is 15.1. The Morgan fingerprint density at radius 1 is 1.20 bits per heavy atom. The third-order valence-electron chi connectivity index (χ3n) is 3.08. The Bertz CT molecular complexity index is 868. The van der Waals surface area contributed by atoms with Gasteiger partial charge in [-0.15, -0.1) is 0 Å². The lowest BCUT2D eigenvalue weighted by Crippen LogP contribution is -2.30. The van der Waals surface area contributed by atoms with Gasteiger partial charge in [0.25, 0.3) is 0 Å². The van der Waals surface area contributed by atoms with E-state index in [-0.39, 0.29) is 6.54 Å². The van der Waals surface area contributed by atoms with Crippen LogP contribution in [0.3, 0.4) is 0 Å². The van der Waals surface area contributed by atoms with Gasteiger partial charge in [-0.2, -0.15) is 13.2 Å². The van der Waals surface area contributed by atoms with E-state index in [1.54, 1.807) is 24.3 Å². The van der Waals surface area contributed by atoms with E-state index >= 15 is 0 Å². The first kappa shape index (κ1) is 19.2. The van der Waals surface area contributed by atoms with Crippen LogP contribution < -0.4 is 5.32 Å². The lowest BCUT2D eigenvalue weighted by Gasteiger charge is -2.08. The third-order valence-corrected chi connectivity index (χ3v) is 4.84. The van der Waals surface area contributed by atoms with E-state index in [4.69, 9.17) is 11.6 Å². The molecule has 0 aliphatic carbocycles. The van der Waals surface area contributed by atoms with Crippen LogP contribution >= 0.6 is 11.6 Å². The van der Waals surface area contributed by atoms with E-state index in [2.05, 4.69) is 10.3 Å². The van der Waals surface area contributed by atoms with Gasteiger partial charge in [0.15, 0.2) is 5.03 Å². The first-order valence-corrected chi connectivity index (χ1v) is 8.88. The van der Waals surface area contributed by atoms with Gasteiger partial charge in [-0.25, -0.2) is 13.4 Å². The molecule has 1 aromatic carbocycles. The lowest BCUT2D eigenvalue weighted by atomic mass is 10.2. The van der Waals surface area contributed by atoms with Crippen molar-refractivity contribution in [2.45, 2.75) is 17.7 Å². The molecule has 10 heteroatoms. The zero-order valence-electron chi connectivity index (χ0n) is 12.5. The van der Waals surface area contributed by atoms with Gasteiger partial charge in [0, 0.05) is 17.8 Å². The number of hydrogen-bond donors (Lipinski definition) is 1. The second-order valence-electron chi connectivity index (χ2n) is 5.05. The second-order valence-corrected chi connectivity index (χ2v) is 7.42. The highest BCUT2D eigenvalue weighted by molar-refractivity contribution is 7.92. The maximum absolute atomic E-state index is 12.5. The van der Waals surface area contributed by atoms with Gasteiger partial charge < -0.3 is 5.32 Å². The van der Waals surface area contributed by atoms with Gasteiger partial charge in [0.2, 0.25) is 15.7 Å². The Kier molecular flexibility index (Phi) is 5.69. The fourth-order valence-corrected chi connectivity index (χ4v) is 3.17. The van der Waals surface area contributed by atoms with Crippen molar-refractivity contribution in [1.82, 2.24) is 10.3 Å². The molecular weight excluding hydrogens is 381 g/mol. The maximum atomic E-state index is 12.5. The highest BCUT2D eigenvalue weighted by atomic mass is 35.5. The summed E-state index contributed by atoms with van der Waals surface area (Å²) in [6.45, 7) is 0.0648. The minimum atomic E-state index is -4.62. The zero-order valence-corrected chi connectivity index (χ0v) is 14.1. The number of amides is 1. The van der Waals surface area contributed by atoms with E-state index in [1.165, 1.54) is 0 Å². The molecule has 0 saturated heterocycles. The number of benzene rings is 1. The minimum absolute atomic E-state index is 0.0648. The summed E-state index contributed by atoms with van der Waals surface area (Å²) < 4.78 is 61.4. The molecular formula is C15H12ClF3N2O3S. The van der Waals surface area contributed by atoms with Gasteiger partial charge >= 0.3 is 6.18 Å². The minimum Gasteiger partial charge on any atom is -0.351 e. The van der Waals surface area contributed by atoms with E-state index in [0.717, 1.165) is 6.07 Å². The number of aromatic nitrogens is 1. The number of halogens is 4. The molecule has 0 aliphatic rings. The third kappa shape index (κ3) is 5.43. The van der Waals surface area contributed by atoms with Crippen molar-refractivity contribution in [1.29, 1.82) is 0 Å². The predicted molar refractivity (Wildman–Crippen MR) is 84.6 cm³/mol. The molecule has 25 heavy (non-hydrogen) atoms. The molecule has 2 aromatic rings. The molecule has 5 nitrogen and oxygen atoms in total. The molecule has 134 valence electrons. The van der Waals surface area contributed by atoms with Gasteiger partial charge in [-0.05, 0) is 29.8 Å². The summed E-state index contributed by atoms with van der Waals surface area (Å²) in [7, 11) is -4.15. The topological polar surface area (TPSA) is 76.1 Å². The number of nitrogens with zero attached hydrogens (tertiary/aromatic N) is 1. The predicted octanol–water partition coefficient (Wildman–Crippen LogP) is 2.84. The molecule has 1 N–H and O–H groups in total. The summed E-state index contributed by atoms with van der Waals surface area (Å²) >= 11 is 5.79. The van der Waals surface area contributed by atoms with Crippen LogP contribution in [0.1, 0.15) is 11.1 Å². The van der Waals surface area contributed by atoms with Crippen molar-refractivity contribution < 1.29 is 26.4 Å². The number of nitrogens with one attached hydrogen (secondary N) is 1. The monoisotopic (exact) mass is 392 g/mol. The molecule has 0 radical (unpaired) electrons. The van der Waals surface area contributed by atoms with E-state index < -0.39 is 38.3 Å². The molecule has 0 saturated carbocycles. The Morgan fingerprint density at radius 2 is 1.92 bits per heavy atom. The Labute approximate surface area is 146 Å². The van der Waals surface area contributed by atoms with Crippen LogP contribution in [0.4, 0.5) is 13.2 Å². The SMILES string of the molecule is O=C(CS(=O)(=O)c1ccc(C(F)(F)F)cn1)NCc1cccc(Cl)c1. The molecule has 0 aliphatic heterocycles. The molecule has 1 amide bonds. The zero-order chi connectivity index (χ0) is 18.7. The Balaban J connectivity index is 2.01. The lowest BCUT2D eigenvalue weighted by molar-refractivity contribution is -0.137. The van der Waals surface area contributed by atoms with Crippen molar-refractivity contribution >= 4 is 27.3 Å². The fourth-order valence-electron chi connectivity index (χ4n) is 1.88. The number of alkyl halides is 3. The number of carbonyl (C=O) groups excluding carboxylic acids is 1. The maximum Gasteiger partial charge on any atom is 0.417 e. The number of carbonyl (C=O) groups is 1. The van der Waals surface area contributed by atoms with Crippen molar-refractivity contribution in [2.24, 2.45) is 0 Å². The van der Waals surface area contributed by atoms with Crippen LogP contribution in [0.25, 0.3) is 0 Å². The Hall–Kier alpha value is -2.13. The molecule has 2 rings (SSSR count). The largest absolute Gasteiger partial charge is 0.417 e. The molecule has 0 fully saturated rings. The van der Waals surface area contributed by atoms with Gasteiger partial charge in [-0.1, -0.05) is 23.7 Å². The quantitative estimate of drug-likeness (QED) is 0.849. The Morgan fingerprint density at radius 3 is 2.48 bits per heavy atom. The van der Waals surface area contributed by atoms with Crippen LogP contribution in [0.5, 0.6) is 0 Å². The van der Waals surface area contributed by atoms with Crippen LogP contribution in [-0.4, -0.2) is 25.1 Å². The van der Waals surface area contributed by atoms with Crippen LogP contribution in [0, 0.1) is 0 Å². The number of pyridine rings is 1. The van der Waals surface area contributed by atoms with Crippen molar-refractivity contribution in [3.63, 3.8) is 0 Å². The van der Waals surface area contributed by atoms with Crippen molar-refractivity contribution in [3.8, 4) is 0 Å². The van der Waals surface area contributed by atoms with E-state index in [1.807, 2.05) is 0 Å². The standard InChI is InChI=1S/C15H12ClF3N2O3S/c16-12-3-1-2-10(6-12)7-20-13(22)9-25(23,24)14-5-4-11(8-21-14)15(17,18)19/h1-6,8H,7,9H2,(H,20,22). The average molecular weight is 393 g/mol. The van der Waals surface area contributed by atoms with Gasteiger partial charge in [0.1, 0.15) is 5.75 Å². The highest BCUT2D eigenvalue weighted by Gasteiger charge is 2.31. The molecule has 0 spiro atoms. The summed E-state index contributed by atoms with van der Waals surface area (Å²) in [6, 6.07) is 7.94. The molecule has 0 unspecified atom stereocenters. The summed E-state index contributed by atoms with van der Waals surface area (Å²) in [5, 5.41) is 2.27. The van der Waals surface area contributed by atoms with Crippen LogP contribution in [0.2, 0.25) is 5.02 Å². The molecule has 0 bridgehead atoms. The summed E-state index contributed by atoms with van der Waals surface area (Å²) in [5.74, 6) is -1.73. The molecule has 1 aromatic heterocycles. The number of sulfone groups is 1. The molecule has 0 atom stereocenters. The van der Waals surface area contributed by atoms with E-state index in [0.29, 0.717) is 22.8 Å². The average Bonchev–Trinajstić information content (AvgIpc) is 2.52. The first-order chi connectivity index (χ1) is 11.6. The second kappa shape index (κ2) is 7.40. The summed E-state index contributed by atoms with van der Waals surface area (Å²) in [6.07, 6.45) is -4.21. The molecule has 1 heterocycles.